The van der Waals surface area contributed by atoms with Crippen molar-refractivity contribution in [2.75, 3.05) is 12.3 Å². The molecule has 1 atom stereocenters. The fourth-order valence-corrected chi connectivity index (χ4v) is 4.76. The van der Waals surface area contributed by atoms with Crippen LogP contribution in [0.5, 0.6) is 0 Å². The Morgan fingerprint density at radius 2 is 1.56 bits per heavy atom. The summed E-state index contributed by atoms with van der Waals surface area (Å²) in [5.41, 5.74) is -1.15. The van der Waals surface area contributed by atoms with Gasteiger partial charge in [-0.15, -0.1) is 0 Å². The van der Waals surface area contributed by atoms with Crippen LogP contribution in [-0.4, -0.2) is 51.8 Å². The molecule has 0 aliphatic rings. The maximum absolute atomic E-state index is 12.5. The second-order valence-corrected chi connectivity index (χ2v) is 15.6. The minimum atomic E-state index is -4.22. The number of hydrogen-bond donors (Lipinski definition) is 2. The van der Waals surface area contributed by atoms with Gasteiger partial charge < -0.3 is 14.8 Å². The molecule has 0 aliphatic carbocycles. The number of carbonyl (C=O) groups is 2. The molecule has 0 saturated carbocycles. The highest BCUT2D eigenvalue weighted by Crippen LogP contribution is 2.45. The van der Waals surface area contributed by atoms with E-state index in [1.165, 1.54) is 6.92 Å². The van der Waals surface area contributed by atoms with Crippen LogP contribution in [0.25, 0.3) is 0 Å². The summed E-state index contributed by atoms with van der Waals surface area (Å²) >= 11 is 0. The summed E-state index contributed by atoms with van der Waals surface area (Å²) in [6.07, 6.45) is 0.0991. The van der Waals surface area contributed by atoms with Crippen LogP contribution in [0.15, 0.2) is 0 Å². The summed E-state index contributed by atoms with van der Waals surface area (Å²) in [4.78, 5) is 23.1. The zero-order valence-electron chi connectivity index (χ0n) is 17.9. The summed E-state index contributed by atoms with van der Waals surface area (Å²) in [5.74, 6) is -4.53. The van der Waals surface area contributed by atoms with Crippen molar-refractivity contribution in [3.05, 3.63) is 0 Å². The van der Waals surface area contributed by atoms with Crippen molar-refractivity contribution >= 4 is 30.3 Å². The monoisotopic (exact) mass is 425 g/mol. The maximum atomic E-state index is 12.5. The van der Waals surface area contributed by atoms with Gasteiger partial charge in [-0.1, -0.05) is 41.5 Å². The number of carboxylic acids is 1. The van der Waals surface area contributed by atoms with Gasteiger partial charge in [0, 0.05) is 18.9 Å². The van der Waals surface area contributed by atoms with Crippen LogP contribution in [0, 0.1) is 5.41 Å². The number of rotatable bonds is 9. The first-order chi connectivity index (χ1) is 11.8. The predicted octanol–water partition coefficient (Wildman–Crippen LogP) is 2.71. The Morgan fingerprint density at radius 3 is 1.89 bits per heavy atom. The lowest BCUT2D eigenvalue weighted by Crippen LogP contribution is -2.62. The molecule has 0 fully saturated rings. The summed E-state index contributed by atoms with van der Waals surface area (Å²) in [6, 6.07) is 0. The molecule has 2 N–H and O–H groups in total. The molecular weight excluding hydrogens is 390 g/mol. The summed E-state index contributed by atoms with van der Waals surface area (Å²) in [5, 5.41) is 12.1. The van der Waals surface area contributed by atoms with Crippen molar-refractivity contribution in [1.29, 1.82) is 0 Å². The average molecular weight is 426 g/mol. The zero-order valence-corrected chi connectivity index (χ0v) is 19.7. The fourth-order valence-electron chi connectivity index (χ4n) is 1.94. The van der Waals surface area contributed by atoms with Crippen molar-refractivity contribution in [3.8, 4) is 0 Å². The molecule has 0 rings (SSSR count). The molecule has 0 saturated heterocycles. The number of amides is 1. The number of carboxylic acid groups (broad SMARTS) is 1. The van der Waals surface area contributed by atoms with E-state index < -0.39 is 41.4 Å². The molecule has 0 radical (unpaired) electrons. The molecule has 160 valence electrons. The van der Waals surface area contributed by atoms with Crippen LogP contribution in [0.2, 0.25) is 18.1 Å². The van der Waals surface area contributed by atoms with Gasteiger partial charge in [0.05, 0.1) is 5.75 Å². The molecule has 0 spiro atoms. The van der Waals surface area contributed by atoms with E-state index in [2.05, 4.69) is 5.32 Å². The van der Waals surface area contributed by atoms with E-state index in [9.17, 15) is 23.1 Å². The molecule has 10 heteroatoms. The van der Waals surface area contributed by atoms with Gasteiger partial charge in [-0.3, -0.25) is 4.79 Å². The van der Waals surface area contributed by atoms with Crippen molar-refractivity contribution in [1.82, 2.24) is 5.32 Å². The van der Waals surface area contributed by atoms with E-state index in [4.69, 9.17) is 8.61 Å². The van der Waals surface area contributed by atoms with Crippen molar-refractivity contribution in [2.24, 2.45) is 5.41 Å². The SMILES string of the molecule is CC(=O)NCCCS(=O)(=O)O[C@@](O[Si](C)(C)C(C)(C)C)(C(=O)O)C(C)(C)C. The maximum Gasteiger partial charge on any atom is 0.365 e. The highest BCUT2D eigenvalue weighted by atomic mass is 32.2. The van der Waals surface area contributed by atoms with E-state index in [-0.39, 0.29) is 23.9 Å². The second kappa shape index (κ2) is 8.58. The summed E-state index contributed by atoms with van der Waals surface area (Å²) in [6.45, 7) is 15.6. The topological polar surface area (TPSA) is 119 Å². The average Bonchev–Trinajstić information content (AvgIpc) is 2.39. The van der Waals surface area contributed by atoms with Crippen LogP contribution in [0.3, 0.4) is 0 Å². The van der Waals surface area contributed by atoms with Gasteiger partial charge in [-0.05, 0) is 24.6 Å². The Bertz CT molecular complexity index is 647. The molecule has 0 heterocycles. The van der Waals surface area contributed by atoms with Crippen LogP contribution in [0.4, 0.5) is 0 Å². The molecule has 0 aromatic carbocycles. The molecule has 0 unspecified atom stereocenters. The Hall–Kier alpha value is -0.973. The molecule has 0 bridgehead atoms. The molecular formula is C17H35NO7SSi. The summed E-state index contributed by atoms with van der Waals surface area (Å²) < 4.78 is 36.4. The third-order valence-electron chi connectivity index (χ3n) is 4.66. The smallest absolute Gasteiger partial charge is 0.365 e. The molecule has 0 aliphatic heterocycles. The molecule has 0 aromatic rings. The van der Waals surface area contributed by atoms with Gasteiger partial charge in [0.2, 0.25) is 5.91 Å². The van der Waals surface area contributed by atoms with E-state index in [1.807, 2.05) is 33.9 Å². The Kier molecular flexibility index (Phi) is 8.27. The van der Waals surface area contributed by atoms with Gasteiger partial charge in [0.15, 0.2) is 8.32 Å². The Balaban J connectivity index is 5.82. The van der Waals surface area contributed by atoms with Crippen molar-refractivity contribution in [2.45, 2.75) is 78.8 Å². The van der Waals surface area contributed by atoms with E-state index in [1.54, 1.807) is 20.8 Å². The zero-order chi connectivity index (χ0) is 21.9. The lowest BCUT2D eigenvalue weighted by molar-refractivity contribution is -0.217. The van der Waals surface area contributed by atoms with Gasteiger partial charge in [0.25, 0.3) is 15.9 Å². The predicted molar refractivity (Wildman–Crippen MR) is 106 cm³/mol. The first kappa shape index (κ1) is 26.0. The van der Waals surface area contributed by atoms with Crippen LogP contribution in [-0.2, 0) is 28.3 Å². The molecule has 1 amide bonds. The van der Waals surface area contributed by atoms with Gasteiger partial charge in [-0.2, -0.15) is 8.42 Å². The highest BCUT2D eigenvalue weighted by Gasteiger charge is 2.59. The van der Waals surface area contributed by atoms with Crippen LogP contribution in [0.1, 0.15) is 54.9 Å². The van der Waals surface area contributed by atoms with E-state index in [0.29, 0.717) is 0 Å². The van der Waals surface area contributed by atoms with Gasteiger partial charge >= 0.3 is 5.97 Å². The van der Waals surface area contributed by atoms with Gasteiger partial charge in [-0.25, -0.2) is 8.98 Å². The first-order valence-corrected chi connectivity index (χ1v) is 13.4. The molecule has 27 heavy (non-hydrogen) atoms. The lowest BCUT2D eigenvalue weighted by atomic mass is 9.86. The van der Waals surface area contributed by atoms with Crippen molar-refractivity contribution in [3.63, 3.8) is 0 Å². The third kappa shape index (κ3) is 7.17. The summed E-state index contributed by atoms with van der Waals surface area (Å²) in [7, 11) is -6.91. The standard InChI is InChI=1S/C17H35NO7SSi/c1-13(19)18-11-10-12-26(22,23)24-17(14(20)21,15(2,3)4)25-27(8,9)16(5,6)7/h10-12H2,1-9H3,(H,18,19)(H,20,21)/t17-/m1/s1. The van der Waals surface area contributed by atoms with Crippen LogP contribution >= 0.6 is 0 Å². The Labute approximate surface area is 164 Å². The lowest BCUT2D eigenvalue weighted by Gasteiger charge is -2.47. The molecule has 0 aromatic heterocycles. The van der Waals surface area contributed by atoms with Crippen molar-refractivity contribution < 1.29 is 31.7 Å². The second-order valence-electron chi connectivity index (χ2n) is 9.22. The van der Waals surface area contributed by atoms with Crippen LogP contribution < -0.4 is 5.32 Å². The van der Waals surface area contributed by atoms with E-state index >= 15 is 0 Å². The third-order valence-corrected chi connectivity index (χ3v) is 10.4. The number of nitrogens with one attached hydrogen (secondary N) is 1. The number of hydrogen-bond acceptors (Lipinski definition) is 6. The molecule has 8 nitrogen and oxygen atoms in total. The number of aliphatic carboxylic acids is 1. The number of carbonyl (C=O) groups excluding carboxylic acids is 1. The van der Waals surface area contributed by atoms with E-state index in [0.717, 1.165) is 0 Å². The Morgan fingerprint density at radius 1 is 1.07 bits per heavy atom. The first-order valence-electron chi connectivity index (χ1n) is 8.89. The minimum absolute atomic E-state index is 0.0991. The highest BCUT2D eigenvalue weighted by molar-refractivity contribution is 7.86. The fraction of sp³-hybridized carbons (Fsp3) is 0.882. The van der Waals surface area contributed by atoms with Gasteiger partial charge in [0.1, 0.15) is 0 Å². The largest absolute Gasteiger partial charge is 0.477 e. The normalized spacial score (nSPS) is 15.9. The quantitative estimate of drug-likeness (QED) is 0.252. The minimum Gasteiger partial charge on any atom is -0.477 e.